The van der Waals surface area contributed by atoms with Gasteiger partial charge in [-0.25, -0.2) is 0 Å². The summed E-state index contributed by atoms with van der Waals surface area (Å²) in [6.45, 7) is 24.4. The highest BCUT2D eigenvalue weighted by Crippen LogP contribution is 2.25. The average molecular weight is 368 g/mol. The van der Waals surface area contributed by atoms with Crippen molar-refractivity contribution in [3.63, 3.8) is 0 Å². The van der Waals surface area contributed by atoms with Crippen LogP contribution in [0.3, 0.4) is 0 Å². The third-order valence-electron chi connectivity index (χ3n) is 4.84. The van der Waals surface area contributed by atoms with E-state index in [9.17, 15) is 0 Å². The molecule has 0 aliphatic carbocycles. The summed E-state index contributed by atoms with van der Waals surface area (Å²) >= 11 is 0. The molecule has 0 N–H and O–H groups in total. The van der Waals surface area contributed by atoms with Crippen LogP contribution in [0.15, 0.2) is 42.6 Å². The first kappa shape index (κ1) is 23.4. The minimum absolute atomic E-state index is 0.149. The lowest BCUT2D eigenvalue weighted by Gasteiger charge is -2.22. The molecule has 1 aromatic carbocycles. The van der Waals surface area contributed by atoms with Crippen molar-refractivity contribution in [3.05, 3.63) is 65.0 Å². The largest absolute Gasteiger partial charge is 0.260 e. The first-order chi connectivity index (χ1) is 12.1. The van der Waals surface area contributed by atoms with Crippen LogP contribution < -0.4 is 0 Å². The zero-order chi connectivity index (χ0) is 21.0. The summed E-state index contributed by atoms with van der Waals surface area (Å²) in [4.78, 5) is 4.52. The molecule has 0 unspecified atom stereocenters. The molecule has 1 heterocycles. The van der Waals surface area contributed by atoms with Crippen molar-refractivity contribution >= 4 is 0 Å². The lowest BCUT2D eigenvalue weighted by Crippen LogP contribution is -2.16. The van der Waals surface area contributed by atoms with Crippen LogP contribution in [0.4, 0.5) is 0 Å². The molecule has 0 amide bonds. The van der Waals surface area contributed by atoms with E-state index in [1.165, 1.54) is 16.7 Å². The van der Waals surface area contributed by atoms with Crippen molar-refractivity contribution in [3.8, 4) is 0 Å². The number of hydrogen-bond acceptors (Lipinski definition) is 1. The van der Waals surface area contributed by atoms with Crippen LogP contribution >= 0.6 is 0 Å². The molecule has 0 bridgehead atoms. The predicted octanol–water partition coefficient (Wildman–Crippen LogP) is 7.78. The maximum atomic E-state index is 4.52. The van der Waals surface area contributed by atoms with Gasteiger partial charge in [0.1, 0.15) is 0 Å². The van der Waals surface area contributed by atoms with E-state index in [1.807, 2.05) is 6.20 Å². The van der Waals surface area contributed by atoms with Crippen LogP contribution in [0.5, 0.6) is 0 Å². The van der Waals surface area contributed by atoms with Gasteiger partial charge in [-0.2, -0.15) is 0 Å². The number of hydrogen-bond donors (Lipinski definition) is 0. The Morgan fingerprint density at radius 2 is 1.04 bits per heavy atom. The number of benzene rings is 1. The Bertz CT molecular complexity index is 651. The molecule has 0 saturated carbocycles. The summed E-state index contributed by atoms with van der Waals surface area (Å²) in [7, 11) is 0. The van der Waals surface area contributed by atoms with Gasteiger partial charge >= 0.3 is 0 Å². The second-order valence-electron chi connectivity index (χ2n) is 11.0. The first-order valence-corrected chi connectivity index (χ1v) is 10.2. The molecule has 0 aliphatic heterocycles. The maximum absolute atomic E-state index is 4.52. The Hall–Kier alpha value is -1.63. The molecule has 27 heavy (non-hydrogen) atoms. The molecule has 0 fully saturated rings. The molecular formula is C26H41N. The van der Waals surface area contributed by atoms with E-state index in [2.05, 4.69) is 118 Å². The number of pyridine rings is 1. The number of aromatic nitrogens is 1. The van der Waals surface area contributed by atoms with E-state index in [0.29, 0.717) is 5.92 Å². The second-order valence-corrected chi connectivity index (χ2v) is 11.0. The zero-order valence-corrected chi connectivity index (χ0v) is 19.6. The van der Waals surface area contributed by atoms with Crippen LogP contribution in [-0.2, 0) is 16.2 Å². The van der Waals surface area contributed by atoms with Crippen molar-refractivity contribution in [1.82, 2.24) is 4.98 Å². The van der Waals surface area contributed by atoms with Gasteiger partial charge in [-0.3, -0.25) is 4.98 Å². The van der Waals surface area contributed by atoms with E-state index < -0.39 is 0 Å². The Morgan fingerprint density at radius 3 is 1.33 bits per heavy atom. The quantitative estimate of drug-likeness (QED) is 0.501. The average Bonchev–Trinajstić information content (AvgIpc) is 2.53. The highest BCUT2D eigenvalue weighted by molar-refractivity contribution is 5.29. The van der Waals surface area contributed by atoms with Crippen molar-refractivity contribution in [2.24, 2.45) is 0 Å². The van der Waals surface area contributed by atoms with Gasteiger partial charge in [0.2, 0.25) is 0 Å². The SMILES string of the molecule is CC(C)(C)c1ccc(C(C)(C)C)nc1.CC(C)c1ccc(C(C)(C)C)cc1. The molecule has 2 aromatic rings. The fourth-order valence-electron chi connectivity index (χ4n) is 2.65. The smallest absolute Gasteiger partial charge is 0.0457 e. The molecule has 2 rings (SSSR count). The van der Waals surface area contributed by atoms with Crippen molar-refractivity contribution in [2.75, 3.05) is 0 Å². The molecule has 0 spiro atoms. The molecule has 0 aliphatic rings. The summed E-state index contributed by atoms with van der Waals surface area (Å²) in [6.07, 6.45) is 2.00. The minimum Gasteiger partial charge on any atom is -0.260 e. The molecule has 150 valence electrons. The van der Waals surface area contributed by atoms with E-state index in [4.69, 9.17) is 0 Å². The first-order valence-electron chi connectivity index (χ1n) is 10.2. The van der Waals surface area contributed by atoms with Crippen LogP contribution in [0.2, 0.25) is 0 Å². The highest BCUT2D eigenvalue weighted by atomic mass is 14.7. The van der Waals surface area contributed by atoms with Crippen LogP contribution in [0.25, 0.3) is 0 Å². The van der Waals surface area contributed by atoms with E-state index in [1.54, 1.807) is 0 Å². The monoisotopic (exact) mass is 367 g/mol. The molecule has 0 radical (unpaired) electrons. The fraction of sp³-hybridized carbons (Fsp3) is 0.577. The summed E-state index contributed by atoms with van der Waals surface area (Å²) in [5.74, 6) is 0.633. The lowest BCUT2D eigenvalue weighted by atomic mass is 9.86. The third-order valence-corrected chi connectivity index (χ3v) is 4.84. The van der Waals surface area contributed by atoms with Crippen molar-refractivity contribution < 1.29 is 0 Å². The Balaban J connectivity index is 0.000000271. The van der Waals surface area contributed by atoms with Gasteiger partial charge in [-0.05, 0) is 39.5 Å². The normalized spacial score (nSPS) is 12.6. The van der Waals surface area contributed by atoms with Gasteiger partial charge in [0.05, 0.1) is 0 Å². The Morgan fingerprint density at radius 1 is 0.593 bits per heavy atom. The summed E-state index contributed by atoms with van der Waals surface area (Å²) < 4.78 is 0. The predicted molar refractivity (Wildman–Crippen MR) is 121 cm³/mol. The summed E-state index contributed by atoms with van der Waals surface area (Å²) in [5, 5.41) is 0. The van der Waals surface area contributed by atoms with Gasteiger partial charge < -0.3 is 0 Å². The van der Waals surface area contributed by atoms with Crippen molar-refractivity contribution in [1.29, 1.82) is 0 Å². The number of nitrogens with zero attached hydrogens (tertiary/aromatic N) is 1. The third kappa shape index (κ3) is 7.48. The van der Waals surface area contributed by atoms with E-state index >= 15 is 0 Å². The van der Waals surface area contributed by atoms with Gasteiger partial charge in [-0.15, -0.1) is 0 Å². The summed E-state index contributed by atoms with van der Waals surface area (Å²) in [5.41, 5.74) is 5.91. The van der Waals surface area contributed by atoms with E-state index in [0.717, 1.165) is 5.69 Å². The molecule has 1 aromatic heterocycles. The standard InChI is InChI=1S/C13H21N.C13H20/c1-12(2,3)10-7-8-11(14-9-10)13(4,5)6;1-10(2)11-6-8-12(9-7-11)13(3,4)5/h7-9H,1-6H3;6-10H,1-5H3. The van der Waals surface area contributed by atoms with Crippen LogP contribution in [-0.4, -0.2) is 4.98 Å². The second kappa shape index (κ2) is 8.59. The highest BCUT2D eigenvalue weighted by Gasteiger charge is 2.18. The summed E-state index contributed by atoms with van der Waals surface area (Å²) in [6, 6.07) is 13.3. The molecule has 0 atom stereocenters. The Labute approximate surface area is 168 Å². The van der Waals surface area contributed by atoms with Gasteiger partial charge in [0.25, 0.3) is 0 Å². The molecule has 1 heteroatoms. The van der Waals surface area contributed by atoms with Gasteiger partial charge in [0.15, 0.2) is 0 Å². The van der Waals surface area contributed by atoms with Gasteiger partial charge in [0, 0.05) is 17.3 Å². The van der Waals surface area contributed by atoms with E-state index in [-0.39, 0.29) is 16.2 Å². The minimum atomic E-state index is 0.149. The molecule has 0 saturated heterocycles. The molecule has 1 nitrogen and oxygen atoms in total. The maximum Gasteiger partial charge on any atom is 0.0457 e. The Kier molecular flexibility index (Phi) is 7.45. The lowest BCUT2D eigenvalue weighted by molar-refractivity contribution is 0.556. The van der Waals surface area contributed by atoms with Crippen molar-refractivity contribution in [2.45, 2.75) is 98.3 Å². The fourth-order valence-corrected chi connectivity index (χ4v) is 2.65. The van der Waals surface area contributed by atoms with Crippen LogP contribution in [0, 0.1) is 0 Å². The van der Waals surface area contributed by atoms with Gasteiger partial charge in [-0.1, -0.05) is 106 Å². The topological polar surface area (TPSA) is 12.9 Å². The van der Waals surface area contributed by atoms with Crippen LogP contribution in [0.1, 0.15) is 104 Å². The number of rotatable bonds is 1. The zero-order valence-electron chi connectivity index (χ0n) is 19.6. The molecular weight excluding hydrogens is 326 g/mol.